The van der Waals surface area contributed by atoms with Crippen molar-refractivity contribution in [2.24, 2.45) is 0 Å². The SMILES string of the molecule is CC(C#N)c1c(Nc2ccccc2NC(=O)c2ccc([N+](=O)[O-])cc2)n[nH]c1-c1ccccc1. The fourth-order valence-electron chi connectivity index (χ4n) is 3.51. The van der Waals surface area contributed by atoms with Gasteiger partial charge < -0.3 is 10.6 Å². The van der Waals surface area contributed by atoms with E-state index in [-0.39, 0.29) is 11.3 Å². The highest BCUT2D eigenvalue weighted by molar-refractivity contribution is 6.06. The highest BCUT2D eigenvalue weighted by atomic mass is 16.6. The van der Waals surface area contributed by atoms with Crippen molar-refractivity contribution in [3.8, 4) is 17.3 Å². The first kappa shape index (κ1) is 22.2. The molecule has 0 aliphatic heterocycles. The number of nitro benzene ring substituents is 1. The topological polar surface area (TPSA) is 137 Å². The van der Waals surface area contributed by atoms with E-state index in [9.17, 15) is 20.2 Å². The number of hydrogen-bond acceptors (Lipinski definition) is 6. The molecular weight excluding hydrogens is 432 g/mol. The van der Waals surface area contributed by atoms with E-state index in [0.717, 1.165) is 11.3 Å². The van der Waals surface area contributed by atoms with Crippen LogP contribution in [0.5, 0.6) is 0 Å². The molecule has 0 aliphatic carbocycles. The summed E-state index contributed by atoms with van der Waals surface area (Å²) in [5.41, 5.74) is 3.62. The Morgan fingerprint density at radius 3 is 2.32 bits per heavy atom. The molecule has 34 heavy (non-hydrogen) atoms. The van der Waals surface area contributed by atoms with Crippen LogP contribution in [0, 0.1) is 21.4 Å². The summed E-state index contributed by atoms with van der Waals surface area (Å²) >= 11 is 0. The van der Waals surface area contributed by atoms with Crippen molar-refractivity contribution in [3.63, 3.8) is 0 Å². The summed E-state index contributed by atoms with van der Waals surface area (Å²) in [5, 5.41) is 33.9. The Bertz CT molecular complexity index is 1370. The molecule has 1 aromatic heterocycles. The van der Waals surface area contributed by atoms with Gasteiger partial charge in [0, 0.05) is 23.3 Å². The second kappa shape index (κ2) is 9.67. The minimum Gasteiger partial charge on any atom is -0.337 e. The molecule has 1 atom stereocenters. The first-order chi connectivity index (χ1) is 16.5. The quantitative estimate of drug-likeness (QED) is 0.246. The minimum absolute atomic E-state index is 0.0921. The lowest BCUT2D eigenvalue weighted by molar-refractivity contribution is -0.384. The van der Waals surface area contributed by atoms with Crippen molar-refractivity contribution in [2.75, 3.05) is 10.6 Å². The number of benzene rings is 3. The number of para-hydroxylation sites is 2. The van der Waals surface area contributed by atoms with Gasteiger partial charge in [0.2, 0.25) is 0 Å². The Balaban J connectivity index is 1.63. The van der Waals surface area contributed by atoms with Gasteiger partial charge in [-0.2, -0.15) is 10.4 Å². The molecule has 0 radical (unpaired) electrons. The van der Waals surface area contributed by atoms with Gasteiger partial charge >= 0.3 is 0 Å². The predicted molar refractivity (Wildman–Crippen MR) is 129 cm³/mol. The highest BCUT2D eigenvalue weighted by Crippen LogP contribution is 2.35. The van der Waals surface area contributed by atoms with Gasteiger partial charge in [0.1, 0.15) is 0 Å². The van der Waals surface area contributed by atoms with Crippen LogP contribution in [-0.4, -0.2) is 21.0 Å². The molecule has 0 saturated carbocycles. The number of rotatable bonds is 7. The molecule has 9 nitrogen and oxygen atoms in total. The third-order valence-electron chi connectivity index (χ3n) is 5.26. The zero-order chi connectivity index (χ0) is 24.1. The van der Waals surface area contributed by atoms with Crippen molar-refractivity contribution < 1.29 is 9.72 Å². The lowest BCUT2D eigenvalue weighted by Gasteiger charge is -2.14. The van der Waals surface area contributed by atoms with Gasteiger partial charge in [-0.1, -0.05) is 42.5 Å². The van der Waals surface area contributed by atoms with Gasteiger partial charge in [-0.25, -0.2) is 0 Å². The monoisotopic (exact) mass is 452 g/mol. The Kier molecular flexibility index (Phi) is 6.32. The average Bonchev–Trinajstić information content (AvgIpc) is 3.28. The Labute approximate surface area is 195 Å². The molecule has 0 saturated heterocycles. The summed E-state index contributed by atoms with van der Waals surface area (Å²) < 4.78 is 0. The first-order valence-electron chi connectivity index (χ1n) is 10.4. The molecule has 0 fully saturated rings. The predicted octanol–water partition coefficient (Wildman–Crippen LogP) is 5.61. The second-order valence-electron chi connectivity index (χ2n) is 7.51. The molecule has 9 heteroatoms. The third kappa shape index (κ3) is 4.61. The molecule has 4 aromatic rings. The molecule has 0 spiro atoms. The molecule has 4 rings (SSSR count). The van der Waals surface area contributed by atoms with Crippen LogP contribution >= 0.6 is 0 Å². The van der Waals surface area contributed by atoms with Crippen LogP contribution in [0.25, 0.3) is 11.3 Å². The lowest BCUT2D eigenvalue weighted by atomic mass is 9.98. The van der Waals surface area contributed by atoms with Gasteiger partial charge in [0.25, 0.3) is 11.6 Å². The summed E-state index contributed by atoms with van der Waals surface area (Å²) in [6.45, 7) is 1.80. The molecular formula is C25H20N6O3. The van der Waals surface area contributed by atoms with Gasteiger partial charge in [0.05, 0.1) is 34.0 Å². The molecule has 1 unspecified atom stereocenters. The highest BCUT2D eigenvalue weighted by Gasteiger charge is 2.21. The Hall–Kier alpha value is -4.97. The fraction of sp³-hybridized carbons (Fsp3) is 0.0800. The molecule has 168 valence electrons. The lowest BCUT2D eigenvalue weighted by Crippen LogP contribution is -2.13. The van der Waals surface area contributed by atoms with Crippen molar-refractivity contribution in [2.45, 2.75) is 12.8 Å². The number of carbonyl (C=O) groups is 1. The maximum absolute atomic E-state index is 12.7. The number of H-pyrrole nitrogens is 1. The average molecular weight is 452 g/mol. The Morgan fingerprint density at radius 1 is 1.03 bits per heavy atom. The molecule has 1 amide bonds. The van der Waals surface area contributed by atoms with E-state index >= 15 is 0 Å². The molecule has 3 N–H and O–H groups in total. The Morgan fingerprint density at radius 2 is 1.68 bits per heavy atom. The van der Waals surface area contributed by atoms with Gasteiger partial charge in [-0.3, -0.25) is 20.0 Å². The van der Waals surface area contributed by atoms with Gasteiger partial charge in [0.15, 0.2) is 5.82 Å². The number of non-ortho nitro benzene ring substituents is 1. The third-order valence-corrected chi connectivity index (χ3v) is 5.26. The second-order valence-corrected chi connectivity index (χ2v) is 7.51. The van der Waals surface area contributed by atoms with Crippen molar-refractivity contribution in [1.82, 2.24) is 10.2 Å². The van der Waals surface area contributed by atoms with Gasteiger partial charge in [-0.15, -0.1) is 0 Å². The number of nitro groups is 1. The van der Waals surface area contributed by atoms with Crippen molar-refractivity contribution in [1.29, 1.82) is 5.26 Å². The number of aromatic amines is 1. The summed E-state index contributed by atoms with van der Waals surface area (Å²) in [6.07, 6.45) is 0. The summed E-state index contributed by atoms with van der Waals surface area (Å²) in [6, 6.07) is 24.3. The number of hydrogen-bond donors (Lipinski definition) is 3. The van der Waals surface area contributed by atoms with Crippen LogP contribution < -0.4 is 10.6 Å². The van der Waals surface area contributed by atoms with E-state index in [1.807, 2.05) is 36.4 Å². The minimum atomic E-state index is -0.520. The number of amides is 1. The number of anilines is 3. The van der Waals surface area contributed by atoms with Crippen LogP contribution in [-0.2, 0) is 0 Å². The van der Waals surface area contributed by atoms with Crippen LogP contribution in [0.3, 0.4) is 0 Å². The van der Waals surface area contributed by atoms with E-state index in [0.29, 0.717) is 22.8 Å². The number of nitriles is 1. The summed E-state index contributed by atoms with van der Waals surface area (Å²) in [5.74, 6) is -0.384. The first-order valence-corrected chi connectivity index (χ1v) is 10.4. The van der Waals surface area contributed by atoms with E-state index in [1.54, 1.807) is 25.1 Å². The summed E-state index contributed by atoms with van der Waals surface area (Å²) in [4.78, 5) is 23.1. The zero-order valence-electron chi connectivity index (χ0n) is 18.1. The largest absolute Gasteiger partial charge is 0.337 e. The fourth-order valence-corrected chi connectivity index (χ4v) is 3.51. The number of nitrogens with zero attached hydrogens (tertiary/aromatic N) is 3. The van der Waals surface area contributed by atoms with Crippen LogP contribution in [0.1, 0.15) is 28.8 Å². The van der Waals surface area contributed by atoms with Crippen LogP contribution in [0.15, 0.2) is 78.9 Å². The molecule has 3 aromatic carbocycles. The van der Waals surface area contributed by atoms with E-state index in [2.05, 4.69) is 26.9 Å². The summed E-state index contributed by atoms with van der Waals surface area (Å²) in [7, 11) is 0. The number of aromatic nitrogens is 2. The molecule has 0 bridgehead atoms. The molecule has 0 aliphatic rings. The van der Waals surface area contributed by atoms with Crippen molar-refractivity contribution in [3.05, 3.63) is 100 Å². The van der Waals surface area contributed by atoms with E-state index in [1.165, 1.54) is 24.3 Å². The maximum Gasteiger partial charge on any atom is 0.269 e. The zero-order valence-corrected chi connectivity index (χ0v) is 18.1. The van der Waals surface area contributed by atoms with Gasteiger partial charge in [-0.05, 0) is 36.8 Å². The van der Waals surface area contributed by atoms with E-state index < -0.39 is 16.7 Å². The number of nitrogens with one attached hydrogen (secondary N) is 3. The standard InChI is InChI=1S/C25H20N6O3/c1-16(15-26)22-23(17-7-3-2-4-8-17)29-30-24(22)27-20-9-5-6-10-21(20)28-25(32)18-11-13-19(14-12-18)31(33)34/h2-14,16H,1H3,(H,28,32)(H2,27,29,30). The smallest absolute Gasteiger partial charge is 0.269 e. The van der Waals surface area contributed by atoms with Crippen LogP contribution in [0.4, 0.5) is 22.9 Å². The molecule has 1 heterocycles. The number of carbonyl (C=O) groups excluding carboxylic acids is 1. The van der Waals surface area contributed by atoms with Crippen molar-refractivity contribution >= 4 is 28.8 Å². The van der Waals surface area contributed by atoms with Crippen LogP contribution in [0.2, 0.25) is 0 Å². The maximum atomic E-state index is 12.7. The van der Waals surface area contributed by atoms with E-state index in [4.69, 9.17) is 0 Å². The normalized spacial score (nSPS) is 11.3.